The molecule has 1 atom stereocenters. The zero-order chi connectivity index (χ0) is 9.80. The number of hydrogen-bond acceptors (Lipinski definition) is 3. The summed E-state index contributed by atoms with van der Waals surface area (Å²) >= 11 is 5.26. The second kappa shape index (κ2) is 5.14. The molecule has 2 nitrogen and oxygen atoms in total. The molecule has 0 aliphatic carbocycles. The molecule has 0 saturated carbocycles. The van der Waals surface area contributed by atoms with E-state index in [1.54, 1.807) is 0 Å². The molecule has 1 fully saturated rings. The second-order valence-electron chi connectivity index (χ2n) is 3.38. The molecule has 1 saturated heterocycles. The van der Waals surface area contributed by atoms with Crippen molar-refractivity contribution < 1.29 is 0 Å². The van der Waals surface area contributed by atoms with E-state index in [1.165, 1.54) is 19.4 Å². The first-order chi connectivity index (χ1) is 6.84. The molecule has 14 heavy (non-hydrogen) atoms. The van der Waals surface area contributed by atoms with Gasteiger partial charge in [-0.15, -0.1) is 11.8 Å². The molecule has 2 heterocycles. The normalized spacial score (nSPS) is 22.2. The average Bonchev–Trinajstić information content (AvgIpc) is 2.19. The number of piperidine rings is 1. The minimum absolute atomic E-state index is 0.686. The van der Waals surface area contributed by atoms with Crippen LogP contribution in [0, 0.1) is 0 Å². The summed E-state index contributed by atoms with van der Waals surface area (Å²) in [6.45, 7) is 2.28. The van der Waals surface area contributed by atoms with Gasteiger partial charge in [0.25, 0.3) is 0 Å². The molecule has 0 aromatic carbocycles. The Morgan fingerprint density at radius 1 is 1.50 bits per heavy atom. The third kappa shape index (κ3) is 2.97. The fraction of sp³-hybridized carbons (Fsp3) is 0.500. The third-order valence-electron chi connectivity index (χ3n) is 2.23. The maximum absolute atomic E-state index is 4.42. The van der Waals surface area contributed by atoms with Crippen LogP contribution in [0.3, 0.4) is 0 Å². The Morgan fingerprint density at radius 3 is 3.14 bits per heavy atom. The van der Waals surface area contributed by atoms with Crippen molar-refractivity contribution in [3.63, 3.8) is 0 Å². The van der Waals surface area contributed by atoms with E-state index in [9.17, 15) is 0 Å². The molecule has 1 aliphatic rings. The van der Waals surface area contributed by atoms with Gasteiger partial charge in [0.05, 0.1) is 5.03 Å². The monoisotopic (exact) mass is 272 g/mol. The standard InChI is InChI=1S/C10H13BrN2S/c11-9-4-1-5-10(13-9)14-8-3-2-6-12-7-8/h1,4-5,8,12H,2-3,6-7H2/t8-/m0/s1. The summed E-state index contributed by atoms with van der Waals surface area (Å²) in [5.74, 6) is 0. The van der Waals surface area contributed by atoms with Gasteiger partial charge in [-0.05, 0) is 47.4 Å². The van der Waals surface area contributed by atoms with E-state index in [0.717, 1.165) is 16.2 Å². The van der Waals surface area contributed by atoms with E-state index in [0.29, 0.717) is 5.25 Å². The van der Waals surface area contributed by atoms with Crippen LogP contribution in [0.1, 0.15) is 12.8 Å². The van der Waals surface area contributed by atoms with Gasteiger partial charge in [-0.1, -0.05) is 6.07 Å². The molecule has 0 radical (unpaired) electrons. The molecular weight excluding hydrogens is 260 g/mol. The maximum atomic E-state index is 4.42. The number of halogens is 1. The first kappa shape index (κ1) is 10.5. The molecule has 76 valence electrons. The number of aromatic nitrogens is 1. The summed E-state index contributed by atoms with van der Waals surface area (Å²) < 4.78 is 0.922. The summed E-state index contributed by atoms with van der Waals surface area (Å²) in [4.78, 5) is 4.42. The number of hydrogen-bond donors (Lipinski definition) is 1. The van der Waals surface area contributed by atoms with Crippen molar-refractivity contribution in [1.29, 1.82) is 0 Å². The van der Waals surface area contributed by atoms with Gasteiger partial charge in [0.2, 0.25) is 0 Å². The molecular formula is C10H13BrN2S. The summed E-state index contributed by atoms with van der Waals surface area (Å²) in [6, 6.07) is 6.07. The van der Waals surface area contributed by atoms with Crippen molar-refractivity contribution in [2.45, 2.75) is 23.1 Å². The van der Waals surface area contributed by atoms with Crippen molar-refractivity contribution in [2.24, 2.45) is 0 Å². The molecule has 0 unspecified atom stereocenters. The Hall–Kier alpha value is -0.0600. The first-order valence-corrected chi connectivity index (χ1v) is 6.52. The molecule has 2 rings (SSSR count). The highest BCUT2D eigenvalue weighted by molar-refractivity contribution is 9.10. The van der Waals surface area contributed by atoms with Gasteiger partial charge in [-0.3, -0.25) is 0 Å². The van der Waals surface area contributed by atoms with Gasteiger partial charge >= 0.3 is 0 Å². The third-order valence-corrected chi connectivity index (χ3v) is 3.87. The number of thioether (sulfide) groups is 1. The fourth-order valence-corrected chi connectivity index (χ4v) is 3.14. The molecule has 0 spiro atoms. The first-order valence-electron chi connectivity index (χ1n) is 4.84. The van der Waals surface area contributed by atoms with Gasteiger partial charge in [0, 0.05) is 11.8 Å². The van der Waals surface area contributed by atoms with E-state index in [2.05, 4.69) is 32.3 Å². The number of rotatable bonds is 2. The van der Waals surface area contributed by atoms with Crippen LogP contribution in [-0.4, -0.2) is 23.3 Å². The summed E-state index contributed by atoms with van der Waals surface area (Å²) in [5.41, 5.74) is 0. The minimum Gasteiger partial charge on any atom is -0.316 e. The van der Waals surface area contributed by atoms with Crippen LogP contribution in [0.2, 0.25) is 0 Å². The average molecular weight is 273 g/mol. The topological polar surface area (TPSA) is 24.9 Å². The number of pyridine rings is 1. The lowest BCUT2D eigenvalue weighted by molar-refractivity contribution is 0.531. The van der Waals surface area contributed by atoms with E-state index in [-0.39, 0.29) is 0 Å². The van der Waals surface area contributed by atoms with Crippen LogP contribution in [0.5, 0.6) is 0 Å². The van der Waals surface area contributed by atoms with Gasteiger partial charge in [0.1, 0.15) is 4.60 Å². The molecule has 0 amide bonds. The fourth-order valence-electron chi connectivity index (χ4n) is 1.55. The Bertz CT molecular complexity index is 300. The van der Waals surface area contributed by atoms with Crippen molar-refractivity contribution in [1.82, 2.24) is 10.3 Å². The second-order valence-corrected chi connectivity index (χ2v) is 5.52. The highest BCUT2D eigenvalue weighted by atomic mass is 79.9. The van der Waals surface area contributed by atoms with Crippen LogP contribution in [0.15, 0.2) is 27.8 Å². The molecule has 0 bridgehead atoms. The quantitative estimate of drug-likeness (QED) is 0.839. The lowest BCUT2D eigenvalue weighted by Gasteiger charge is -2.21. The zero-order valence-corrected chi connectivity index (χ0v) is 10.3. The van der Waals surface area contributed by atoms with E-state index in [1.807, 2.05) is 23.9 Å². The van der Waals surface area contributed by atoms with Gasteiger partial charge in [-0.25, -0.2) is 4.98 Å². The van der Waals surface area contributed by atoms with Crippen LogP contribution >= 0.6 is 27.7 Å². The Morgan fingerprint density at radius 2 is 2.43 bits per heavy atom. The van der Waals surface area contributed by atoms with Crippen LogP contribution < -0.4 is 5.32 Å². The SMILES string of the molecule is Brc1cccc(S[C@H]2CCCNC2)n1. The van der Waals surface area contributed by atoms with Crippen molar-refractivity contribution >= 4 is 27.7 Å². The molecule has 1 aromatic heterocycles. The molecule has 4 heteroatoms. The maximum Gasteiger partial charge on any atom is 0.107 e. The van der Waals surface area contributed by atoms with Crippen molar-refractivity contribution in [2.75, 3.05) is 13.1 Å². The predicted molar refractivity (Wildman–Crippen MR) is 63.7 cm³/mol. The van der Waals surface area contributed by atoms with E-state index >= 15 is 0 Å². The minimum atomic E-state index is 0.686. The van der Waals surface area contributed by atoms with Gasteiger partial charge in [-0.2, -0.15) is 0 Å². The lowest BCUT2D eigenvalue weighted by atomic mass is 10.2. The van der Waals surface area contributed by atoms with E-state index in [4.69, 9.17) is 0 Å². The van der Waals surface area contributed by atoms with Crippen molar-refractivity contribution in [3.05, 3.63) is 22.8 Å². The summed E-state index contributed by atoms with van der Waals surface area (Å²) in [5, 5.41) is 5.21. The molecule has 1 N–H and O–H groups in total. The Balaban J connectivity index is 1.95. The largest absolute Gasteiger partial charge is 0.316 e. The van der Waals surface area contributed by atoms with Crippen LogP contribution in [0.4, 0.5) is 0 Å². The highest BCUT2D eigenvalue weighted by Gasteiger charge is 2.14. The summed E-state index contributed by atoms with van der Waals surface area (Å²) in [6.07, 6.45) is 2.58. The molecule has 1 aromatic rings. The smallest absolute Gasteiger partial charge is 0.107 e. The van der Waals surface area contributed by atoms with Gasteiger partial charge < -0.3 is 5.32 Å². The Labute approximate surface area is 97.0 Å². The Kier molecular flexibility index (Phi) is 3.84. The lowest BCUT2D eigenvalue weighted by Crippen LogP contribution is -2.31. The van der Waals surface area contributed by atoms with Crippen LogP contribution in [0.25, 0.3) is 0 Å². The number of nitrogens with zero attached hydrogens (tertiary/aromatic N) is 1. The number of nitrogens with one attached hydrogen (secondary N) is 1. The predicted octanol–water partition coefficient (Wildman–Crippen LogP) is 2.69. The molecule has 1 aliphatic heterocycles. The highest BCUT2D eigenvalue weighted by Crippen LogP contribution is 2.26. The van der Waals surface area contributed by atoms with Crippen molar-refractivity contribution in [3.8, 4) is 0 Å². The van der Waals surface area contributed by atoms with Gasteiger partial charge in [0.15, 0.2) is 0 Å². The van der Waals surface area contributed by atoms with E-state index < -0.39 is 0 Å². The van der Waals surface area contributed by atoms with Crippen LogP contribution in [-0.2, 0) is 0 Å². The zero-order valence-electron chi connectivity index (χ0n) is 7.87. The summed E-state index contributed by atoms with van der Waals surface area (Å²) in [7, 11) is 0.